The highest BCUT2D eigenvalue weighted by atomic mass is 19.3. The van der Waals surface area contributed by atoms with Crippen molar-refractivity contribution in [2.45, 2.75) is 64.2 Å². The zero-order valence-corrected chi connectivity index (χ0v) is 11.7. The van der Waals surface area contributed by atoms with Gasteiger partial charge in [-0.1, -0.05) is 37.6 Å². The van der Waals surface area contributed by atoms with E-state index in [1.807, 2.05) is 12.1 Å². The fourth-order valence-corrected chi connectivity index (χ4v) is 3.14. The number of hydrogen-bond donors (Lipinski definition) is 0. The Kier molecular flexibility index (Phi) is 5.35. The summed E-state index contributed by atoms with van der Waals surface area (Å²) in [5.74, 6) is 1.61. The van der Waals surface area contributed by atoms with Crippen molar-refractivity contribution in [2.75, 3.05) is 0 Å². The molecule has 0 nitrogen and oxygen atoms in total. The predicted octanol–water partition coefficient (Wildman–Crippen LogP) is 5.57. The van der Waals surface area contributed by atoms with E-state index in [4.69, 9.17) is 0 Å². The van der Waals surface area contributed by atoms with Crippen LogP contribution in [-0.2, 0) is 6.42 Å². The van der Waals surface area contributed by atoms with Gasteiger partial charge < -0.3 is 0 Å². The standard InChI is InChI=1S/C17H24F2/c1-2-13-3-8-15(9-4-13)16-10-5-14(6-11-16)7-12-17(18)19/h5-6,10-11,13,15,17H,2-4,7-9,12H2,1H3. The molecule has 106 valence electrons. The van der Waals surface area contributed by atoms with Crippen LogP contribution in [0, 0.1) is 5.92 Å². The summed E-state index contributed by atoms with van der Waals surface area (Å²) in [6.45, 7) is 2.28. The number of aryl methyl sites for hydroxylation is 1. The highest BCUT2D eigenvalue weighted by Gasteiger charge is 2.21. The lowest BCUT2D eigenvalue weighted by atomic mass is 9.78. The van der Waals surface area contributed by atoms with Gasteiger partial charge >= 0.3 is 0 Å². The number of hydrogen-bond acceptors (Lipinski definition) is 0. The van der Waals surface area contributed by atoms with E-state index in [9.17, 15) is 8.78 Å². The summed E-state index contributed by atoms with van der Waals surface area (Å²) in [6.07, 6.45) is 4.83. The normalized spacial score (nSPS) is 23.8. The number of benzene rings is 1. The fraction of sp³-hybridized carbons (Fsp3) is 0.647. The topological polar surface area (TPSA) is 0 Å². The quantitative estimate of drug-likeness (QED) is 0.653. The third-order valence-corrected chi connectivity index (χ3v) is 4.53. The monoisotopic (exact) mass is 266 g/mol. The molecule has 1 aliphatic rings. The molecule has 0 bridgehead atoms. The van der Waals surface area contributed by atoms with E-state index in [2.05, 4.69) is 19.1 Å². The Hall–Kier alpha value is -0.920. The first-order valence-electron chi connectivity index (χ1n) is 7.56. The average Bonchev–Trinajstić information content (AvgIpc) is 2.46. The molecule has 1 aromatic carbocycles. The number of halogens is 2. The number of alkyl halides is 2. The zero-order valence-electron chi connectivity index (χ0n) is 11.7. The van der Waals surface area contributed by atoms with E-state index in [-0.39, 0.29) is 6.42 Å². The second-order valence-corrected chi connectivity index (χ2v) is 5.80. The third-order valence-electron chi connectivity index (χ3n) is 4.53. The van der Waals surface area contributed by atoms with Crippen LogP contribution in [0.1, 0.15) is 62.5 Å². The molecule has 0 aliphatic heterocycles. The lowest BCUT2D eigenvalue weighted by molar-refractivity contribution is 0.138. The maximum atomic E-state index is 12.2. The molecule has 0 atom stereocenters. The first-order valence-corrected chi connectivity index (χ1v) is 7.56. The Morgan fingerprint density at radius 2 is 1.68 bits per heavy atom. The molecule has 0 heterocycles. The van der Waals surface area contributed by atoms with Gasteiger partial charge in [0, 0.05) is 6.42 Å². The van der Waals surface area contributed by atoms with Crippen molar-refractivity contribution in [3.05, 3.63) is 35.4 Å². The van der Waals surface area contributed by atoms with Gasteiger partial charge in [0.05, 0.1) is 0 Å². The van der Waals surface area contributed by atoms with E-state index < -0.39 is 6.43 Å². The van der Waals surface area contributed by atoms with Crippen molar-refractivity contribution in [1.29, 1.82) is 0 Å². The van der Waals surface area contributed by atoms with Gasteiger partial charge in [-0.05, 0) is 55.1 Å². The van der Waals surface area contributed by atoms with E-state index >= 15 is 0 Å². The van der Waals surface area contributed by atoms with Gasteiger partial charge in [-0.15, -0.1) is 0 Å². The summed E-state index contributed by atoms with van der Waals surface area (Å²) >= 11 is 0. The molecule has 2 heteroatoms. The first kappa shape index (κ1) is 14.5. The van der Waals surface area contributed by atoms with Gasteiger partial charge in [-0.2, -0.15) is 0 Å². The molecular weight excluding hydrogens is 242 g/mol. The Bertz CT molecular complexity index is 361. The van der Waals surface area contributed by atoms with Gasteiger partial charge in [0.25, 0.3) is 0 Å². The van der Waals surface area contributed by atoms with Gasteiger partial charge in [0.15, 0.2) is 0 Å². The fourth-order valence-electron chi connectivity index (χ4n) is 3.14. The molecule has 0 amide bonds. The van der Waals surface area contributed by atoms with E-state index in [1.165, 1.54) is 37.7 Å². The summed E-state index contributed by atoms with van der Waals surface area (Å²) in [5.41, 5.74) is 2.43. The largest absolute Gasteiger partial charge is 0.239 e. The Morgan fingerprint density at radius 3 is 2.21 bits per heavy atom. The lowest BCUT2D eigenvalue weighted by Crippen LogP contribution is -2.12. The van der Waals surface area contributed by atoms with Crippen molar-refractivity contribution < 1.29 is 8.78 Å². The molecule has 1 saturated carbocycles. The molecule has 1 aliphatic carbocycles. The summed E-state index contributed by atoms with van der Waals surface area (Å²) in [4.78, 5) is 0. The molecule has 1 fully saturated rings. The summed E-state index contributed by atoms with van der Waals surface area (Å²) in [5, 5.41) is 0. The molecule has 0 aromatic heterocycles. The molecule has 19 heavy (non-hydrogen) atoms. The van der Waals surface area contributed by atoms with Crippen LogP contribution in [0.4, 0.5) is 8.78 Å². The van der Waals surface area contributed by atoms with Crippen LogP contribution in [0.2, 0.25) is 0 Å². The van der Waals surface area contributed by atoms with Crippen LogP contribution in [0.5, 0.6) is 0 Å². The maximum Gasteiger partial charge on any atom is 0.239 e. The van der Waals surface area contributed by atoms with Crippen LogP contribution in [-0.4, -0.2) is 6.43 Å². The Labute approximate surface area is 115 Å². The first-order chi connectivity index (χ1) is 9.19. The Morgan fingerprint density at radius 1 is 1.05 bits per heavy atom. The molecule has 0 radical (unpaired) electrons. The summed E-state index contributed by atoms with van der Waals surface area (Å²) in [6, 6.07) is 8.36. The third kappa shape index (κ3) is 4.29. The molecule has 1 aromatic rings. The summed E-state index contributed by atoms with van der Waals surface area (Å²) in [7, 11) is 0. The van der Waals surface area contributed by atoms with Crippen LogP contribution in [0.3, 0.4) is 0 Å². The molecule has 0 saturated heterocycles. The van der Waals surface area contributed by atoms with Crippen molar-refractivity contribution in [1.82, 2.24) is 0 Å². The molecular formula is C17H24F2. The Balaban J connectivity index is 1.88. The highest BCUT2D eigenvalue weighted by molar-refractivity contribution is 5.26. The molecule has 0 N–H and O–H groups in total. The van der Waals surface area contributed by atoms with E-state index in [0.29, 0.717) is 12.3 Å². The smallest absolute Gasteiger partial charge is 0.211 e. The minimum Gasteiger partial charge on any atom is -0.211 e. The van der Waals surface area contributed by atoms with Crippen molar-refractivity contribution in [3.8, 4) is 0 Å². The SMILES string of the molecule is CCC1CCC(c2ccc(CCC(F)F)cc2)CC1. The second-order valence-electron chi connectivity index (χ2n) is 5.80. The highest BCUT2D eigenvalue weighted by Crippen LogP contribution is 2.36. The van der Waals surface area contributed by atoms with Crippen molar-refractivity contribution in [3.63, 3.8) is 0 Å². The van der Waals surface area contributed by atoms with E-state index in [1.54, 1.807) is 0 Å². The predicted molar refractivity (Wildman–Crippen MR) is 75.8 cm³/mol. The zero-order chi connectivity index (χ0) is 13.7. The molecule has 0 spiro atoms. The summed E-state index contributed by atoms with van der Waals surface area (Å²) < 4.78 is 24.3. The number of rotatable bonds is 5. The molecule has 2 rings (SSSR count). The van der Waals surface area contributed by atoms with Crippen molar-refractivity contribution in [2.24, 2.45) is 5.92 Å². The van der Waals surface area contributed by atoms with Gasteiger partial charge in [-0.25, -0.2) is 8.78 Å². The second kappa shape index (κ2) is 7.02. The van der Waals surface area contributed by atoms with E-state index in [0.717, 1.165) is 11.5 Å². The van der Waals surface area contributed by atoms with Gasteiger partial charge in [0.1, 0.15) is 0 Å². The average molecular weight is 266 g/mol. The lowest BCUT2D eigenvalue weighted by Gasteiger charge is -2.28. The minimum absolute atomic E-state index is 0.0268. The minimum atomic E-state index is -2.19. The van der Waals surface area contributed by atoms with Gasteiger partial charge in [-0.3, -0.25) is 0 Å². The van der Waals surface area contributed by atoms with Crippen LogP contribution in [0.25, 0.3) is 0 Å². The van der Waals surface area contributed by atoms with Crippen LogP contribution in [0.15, 0.2) is 24.3 Å². The van der Waals surface area contributed by atoms with Gasteiger partial charge in [0.2, 0.25) is 6.43 Å². The van der Waals surface area contributed by atoms with Crippen LogP contribution >= 0.6 is 0 Å². The maximum absolute atomic E-state index is 12.2. The van der Waals surface area contributed by atoms with Crippen molar-refractivity contribution >= 4 is 0 Å². The molecule has 0 unspecified atom stereocenters. The van der Waals surface area contributed by atoms with Crippen LogP contribution < -0.4 is 0 Å².